The third kappa shape index (κ3) is 5.10. The molecule has 0 spiro atoms. The molecule has 3 aromatic carbocycles. The molecule has 1 N–H and O–H groups in total. The molecule has 36 heavy (non-hydrogen) atoms. The van der Waals surface area contributed by atoms with Gasteiger partial charge in [0.25, 0.3) is 15.9 Å². The minimum absolute atomic E-state index is 0.103. The normalized spacial score (nSPS) is 17.9. The number of carbonyl (C=O) groups excluding carboxylic acids is 1. The summed E-state index contributed by atoms with van der Waals surface area (Å²) in [5.74, 6) is 0.0433. The Morgan fingerprint density at radius 3 is 2.42 bits per heavy atom. The summed E-state index contributed by atoms with van der Waals surface area (Å²) in [4.78, 5) is 15.9. The third-order valence-corrected chi connectivity index (χ3v) is 8.57. The Labute approximate surface area is 212 Å². The standard InChI is InChI=1S/C28H31N3O4S/c1-21-13-14-25-26(17-21)35-27(20-31(25)36(33,34)24-11-3-2-4-12-24)28(32)29-18-22-9-5-6-10-23(22)19-30-15-7-8-16-30/h2-6,9-14,17,27H,7-8,15-16,18-20H2,1H3,(H,29,32). The lowest BCUT2D eigenvalue weighted by atomic mass is 10.1. The molecule has 0 saturated carbocycles. The van der Waals surface area contributed by atoms with Gasteiger partial charge in [-0.25, -0.2) is 8.42 Å². The first-order valence-electron chi connectivity index (χ1n) is 12.3. The average molecular weight is 506 g/mol. The van der Waals surface area contributed by atoms with Crippen molar-refractivity contribution in [3.8, 4) is 5.75 Å². The smallest absolute Gasteiger partial charge is 0.264 e. The first kappa shape index (κ1) is 24.3. The fourth-order valence-electron chi connectivity index (χ4n) is 4.81. The number of nitrogens with zero attached hydrogens (tertiary/aromatic N) is 2. The molecular weight excluding hydrogens is 474 g/mol. The predicted molar refractivity (Wildman–Crippen MR) is 139 cm³/mol. The van der Waals surface area contributed by atoms with Crippen LogP contribution in [-0.2, 0) is 27.9 Å². The summed E-state index contributed by atoms with van der Waals surface area (Å²) in [7, 11) is -3.87. The van der Waals surface area contributed by atoms with Gasteiger partial charge in [0.15, 0.2) is 6.10 Å². The van der Waals surface area contributed by atoms with Crippen LogP contribution in [0.3, 0.4) is 0 Å². The molecular formula is C28H31N3O4S. The van der Waals surface area contributed by atoms with Gasteiger partial charge in [0.1, 0.15) is 5.75 Å². The highest BCUT2D eigenvalue weighted by atomic mass is 32.2. The van der Waals surface area contributed by atoms with Crippen LogP contribution in [0.25, 0.3) is 0 Å². The van der Waals surface area contributed by atoms with Crippen LogP contribution in [0.2, 0.25) is 0 Å². The van der Waals surface area contributed by atoms with E-state index in [0.717, 1.165) is 30.8 Å². The van der Waals surface area contributed by atoms with Crippen molar-refractivity contribution in [1.82, 2.24) is 10.2 Å². The van der Waals surface area contributed by atoms with Gasteiger partial charge in [-0.15, -0.1) is 0 Å². The molecule has 7 nitrogen and oxygen atoms in total. The van der Waals surface area contributed by atoms with E-state index < -0.39 is 16.1 Å². The average Bonchev–Trinajstić information content (AvgIpc) is 3.40. The zero-order valence-electron chi connectivity index (χ0n) is 20.4. The Hall–Kier alpha value is -3.36. The molecule has 8 heteroatoms. The highest BCUT2D eigenvalue weighted by Gasteiger charge is 2.37. The van der Waals surface area contributed by atoms with Gasteiger partial charge in [-0.05, 0) is 73.8 Å². The molecule has 1 saturated heterocycles. The van der Waals surface area contributed by atoms with Gasteiger partial charge >= 0.3 is 0 Å². The molecule has 0 aliphatic carbocycles. The van der Waals surface area contributed by atoms with Gasteiger partial charge in [-0.3, -0.25) is 14.0 Å². The van der Waals surface area contributed by atoms with Gasteiger partial charge in [-0.1, -0.05) is 48.5 Å². The fourth-order valence-corrected chi connectivity index (χ4v) is 6.30. The van der Waals surface area contributed by atoms with E-state index in [4.69, 9.17) is 4.74 Å². The molecule has 1 amide bonds. The predicted octanol–water partition coefficient (Wildman–Crippen LogP) is 3.86. The van der Waals surface area contributed by atoms with Crippen LogP contribution in [0.15, 0.2) is 77.7 Å². The number of ether oxygens (including phenoxy) is 1. The fraction of sp³-hybridized carbons (Fsp3) is 0.321. The lowest BCUT2D eigenvalue weighted by Gasteiger charge is -2.35. The van der Waals surface area contributed by atoms with Crippen molar-refractivity contribution >= 4 is 21.6 Å². The summed E-state index contributed by atoms with van der Waals surface area (Å²) >= 11 is 0. The Bertz CT molecular complexity index is 1340. The van der Waals surface area contributed by atoms with Crippen LogP contribution >= 0.6 is 0 Å². The van der Waals surface area contributed by atoms with E-state index in [1.807, 2.05) is 31.2 Å². The molecule has 2 heterocycles. The SMILES string of the molecule is Cc1ccc2c(c1)OC(C(=O)NCc1ccccc1CN1CCCC1)CN2S(=O)(=O)c1ccccc1. The minimum atomic E-state index is -3.87. The number of nitrogens with one attached hydrogen (secondary N) is 1. The Balaban J connectivity index is 1.35. The molecule has 0 aromatic heterocycles. The number of amides is 1. The maximum Gasteiger partial charge on any atom is 0.264 e. The maximum absolute atomic E-state index is 13.5. The van der Waals surface area contributed by atoms with E-state index in [1.54, 1.807) is 42.5 Å². The van der Waals surface area contributed by atoms with Gasteiger partial charge in [0.05, 0.1) is 17.1 Å². The van der Waals surface area contributed by atoms with Crippen LogP contribution in [0.4, 0.5) is 5.69 Å². The first-order valence-corrected chi connectivity index (χ1v) is 13.8. The van der Waals surface area contributed by atoms with Gasteiger partial charge in [-0.2, -0.15) is 0 Å². The molecule has 0 radical (unpaired) electrons. The van der Waals surface area contributed by atoms with E-state index in [2.05, 4.69) is 16.3 Å². The zero-order valence-corrected chi connectivity index (χ0v) is 21.2. The first-order chi connectivity index (χ1) is 17.4. The zero-order chi connectivity index (χ0) is 25.1. The van der Waals surface area contributed by atoms with Crippen LogP contribution < -0.4 is 14.4 Å². The molecule has 1 unspecified atom stereocenters. The maximum atomic E-state index is 13.5. The number of benzene rings is 3. The monoisotopic (exact) mass is 505 g/mol. The third-order valence-electron chi connectivity index (χ3n) is 6.77. The summed E-state index contributed by atoms with van der Waals surface area (Å²) in [6.07, 6.45) is 1.48. The van der Waals surface area contributed by atoms with E-state index in [0.29, 0.717) is 18.0 Å². The summed E-state index contributed by atoms with van der Waals surface area (Å²) < 4.78 is 34.4. The number of likely N-dealkylation sites (tertiary alicyclic amines) is 1. The number of anilines is 1. The van der Waals surface area contributed by atoms with Crippen molar-refractivity contribution in [2.24, 2.45) is 0 Å². The molecule has 5 rings (SSSR count). The number of rotatable bonds is 7. The van der Waals surface area contributed by atoms with Crippen molar-refractivity contribution in [2.75, 3.05) is 23.9 Å². The second kappa shape index (κ2) is 10.3. The highest BCUT2D eigenvalue weighted by molar-refractivity contribution is 7.92. The Kier molecular flexibility index (Phi) is 6.98. The lowest BCUT2D eigenvalue weighted by molar-refractivity contribution is -0.127. The lowest BCUT2D eigenvalue weighted by Crippen LogP contribution is -2.50. The van der Waals surface area contributed by atoms with Gasteiger partial charge in [0, 0.05) is 13.1 Å². The molecule has 1 fully saturated rings. The van der Waals surface area contributed by atoms with Crippen molar-refractivity contribution in [3.63, 3.8) is 0 Å². The van der Waals surface area contributed by atoms with Gasteiger partial charge < -0.3 is 10.1 Å². The van der Waals surface area contributed by atoms with E-state index in [9.17, 15) is 13.2 Å². The Morgan fingerprint density at radius 2 is 1.67 bits per heavy atom. The van der Waals surface area contributed by atoms with Crippen LogP contribution in [0.1, 0.15) is 29.5 Å². The van der Waals surface area contributed by atoms with Crippen LogP contribution in [0, 0.1) is 6.92 Å². The summed E-state index contributed by atoms with van der Waals surface area (Å²) in [6.45, 7) is 5.22. The largest absolute Gasteiger partial charge is 0.476 e. The number of fused-ring (bicyclic) bond motifs is 1. The second-order valence-electron chi connectivity index (χ2n) is 9.40. The van der Waals surface area contributed by atoms with E-state index >= 15 is 0 Å². The summed E-state index contributed by atoms with van der Waals surface area (Å²) in [5.41, 5.74) is 3.60. The number of hydrogen-bond acceptors (Lipinski definition) is 5. The highest BCUT2D eigenvalue weighted by Crippen LogP contribution is 2.37. The quantitative estimate of drug-likeness (QED) is 0.528. The summed E-state index contributed by atoms with van der Waals surface area (Å²) in [6, 6.07) is 21.7. The van der Waals surface area contributed by atoms with Crippen molar-refractivity contribution < 1.29 is 17.9 Å². The molecule has 3 aromatic rings. The second-order valence-corrected chi connectivity index (χ2v) is 11.3. The van der Waals surface area contributed by atoms with Crippen LogP contribution in [-0.4, -0.2) is 45.0 Å². The molecule has 0 bridgehead atoms. The number of sulfonamides is 1. The number of hydrogen-bond donors (Lipinski definition) is 1. The topological polar surface area (TPSA) is 79.0 Å². The molecule has 1 atom stereocenters. The van der Waals surface area contributed by atoms with Gasteiger partial charge in [0.2, 0.25) is 0 Å². The van der Waals surface area contributed by atoms with Crippen molar-refractivity contribution in [3.05, 3.63) is 89.5 Å². The molecule has 188 valence electrons. The van der Waals surface area contributed by atoms with E-state index in [-0.39, 0.29) is 17.3 Å². The molecule has 2 aliphatic rings. The van der Waals surface area contributed by atoms with E-state index in [1.165, 1.54) is 22.7 Å². The summed E-state index contributed by atoms with van der Waals surface area (Å²) in [5, 5.41) is 2.99. The van der Waals surface area contributed by atoms with Crippen molar-refractivity contribution in [2.45, 2.75) is 43.9 Å². The van der Waals surface area contributed by atoms with Crippen LogP contribution in [0.5, 0.6) is 5.75 Å². The molecule has 2 aliphatic heterocycles. The number of aryl methyl sites for hydroxylation is 1. The van der Waals surface area contributed by atoms with Crippen molar-refractivity contribution in [1.29, 1.82) is 0 Å². The Morgan fingerprint density at radius 1 is 0.972 bits per heavy atom. The minimum Gasteiger partial charge on any atom is -0.476 e. The number of carbonyl (C=O) groups is 1.